The van der Waals surface area contributed by atoms with Gasteiger partial charge in [-0.05, 0) is 43.0 Å². The molecule has 1 aliphatic heterocycles. The van der Waals surface area contributed by atoms with E-state index in [-0.39, 0.29) is 30.7 Å². The zero-order chi connectivity index (χ0) is 17.9. The fourth-order valence-corrected chi connectivity index (χ4v) is 4.29. The fraction of sp³-hybridized carbons (Fsp3) is 0.300. The van der Waals surface area contributed by atoms with Gasteiger partial charge in [-0.15, -0.1) is 24.8 Å². The number of hydrogen-bond donors (Lipinski definition) is 2. The molecule has 1 aliphatic rings. The third kappa shape index (κ3) is 5.14. The van der Waals surface area contributed by atoms with E-state index in [0.717, 1.165) is 39.7 Å². The first-order chi connectivity index (χ1) is 12.7. The lowest BCUT2D eigenvalue weighted by Gasteiger charge is -2.12. The van der Waals surface area contributed by atoms with E-state index in [4.69, 9.17) is 10.7 Å². The number of nitrogens with one attached hydrogen (secondary N) is 1. The summed E-state index contributed by atoms with van der Waals surface area (Å²) in [6, 6.07) is 15.1. The summed E-state index contributed by atoms with van der Waals surface area (Å²) in [6.07, 6.45) is 2.99. The zero-order valence-corrected chi connectivity index (χ0v) is 17.8. The number of benzene rings is 2. The minimum atomic E-state index is -0.574. The van der Waals surface area contributed by atoms with Crippen molar-refractivity contribution in [3.05, 3.63) is 54.1 Å². The lowest BCUT2D eigenvalue weighted by atomic mass is 10.1. The lowest BCUT2D eigenvalue weighted by molar-refractivity contribution is -0.117. The topological polar surface area (TPSA) is 71.2 Å². The molecule has 0 aliphatic carbocycles. The molecule has 0 bridgehead atoms. The highest BCUT2D eigenvalue weighted by molar-refractivity contribution is 7.22. The molecule has 3 aromatic rings. The van der Waals surface area contributed by atoms with Crippen molar-refractivity contribution in [1.82, 2.24) is 4.98 Å². The van der Waals surface area contributed by atoms with Crippen LogP contribution in [0.15, 0.2) is 48.5 Å². The van der Waals surface area contributed by atoms with Crippen LogP contribution in [0.5, 0.6) is 0 Å². The van der Waals surface area contributed by atoms with Gasteiger partial charge >= 0.3 is 0 Å². The van der Waals surface area contributed by atoms with Gasteiger partial charge in [-0.2, -0.15) is 0 Å². The van der Waals surface area contributed by atoms with E-state index in [1.54, 1.807) is 11.3 Å². The number of hydrogen-bond acceptors (Lipinski definition) is 5. The van der Waals surface area contributed by atoms with Crippen LogP contribution in [-0.2, 0) is 11.2 Å². The van der Waals surface area contributed by atoms with Crippen LogP contribution in [0.2, 0.25) is 0 Å². The van der Waals surface area contributed by atoms with E-state index in [0.29, 0.717) is 6.42 Å². The van der Waals surface area contributed by atoms with Gasteiger partial charge in [-0.1, -0.05) is 41.7 Å². The van der Waals surface area contributed by atoms with Gasteiger partial charge in [0.05, 0.1) is 16.3 Å². The Morgan fingerprint density at radius 1 is 1.14 bits per heavy atom. The molecule has 0 spiro atoms. The Morgan fingerprint density at radius 2 is 1.86 bits per heavy atom. The number of nitrogens with two attached hydrogens (primary N) is 1. The highest BCUT2D eigenvalue weighted by atomic mass is 35.5. The molecule has 1 amide bonds. The summed E-state index contributed by atoms with van der Waals surface area (Å²) in [6.45, 7) is 2.16. The van der Waals surface area contributed by atoms with Crippen molar-refractivity contribution in [2.24, 2.45) is 5.73 Å². The molecule has 28 heavy (non-hydrogen) atoms. The number of carbonyl (C=O) groups is 1. The third-order valence-electron chi connectivity index (χ3n) is 4.66. The summed E-state index contributed by atoms with van der Waals surface area (Å²) >= 11 is 1.68. The number of carbonyl (C=O) groups excluding carboxylic acids is 1. The summed E-state index contributed by atoms with van der Waals surface area (Å²) in [5, 5.41) is 4.01. The first kappa shape index (κ1) is 22.4. The molecule has 3 N–H and O–H groups in total. The highest BCUT2D eigenvalue weighted by Gasteiger charge is 2.17. The summed E-state index contributed by atoms with van der Waals surface area (Å²) in [5.74, 6) is -0.169. The number of fused-ring (bicyclic) bond motifs is 1. The van der Waals surface area contributed by atoms with Crippen molar-refractivity contribution in [2.75, 3.05) is 23.3 Å². The van der Waals surface area contributed by atoms with Crippen LogP contribution >= 0.6 is 36.2 Å². The van der Waals surface area contributed by atoms with Crippen LogP contribution in [0, 0.1) is 0 Å². The molecular formula is C20H24Cl2N4OS. The molecule has 1 unspecified atom stereocenters. The minimum absolute atomic E-state index is 0. The number of aromatic nitrogens is 1. The maximum atomic E-state index is 12.4. The molecule has 1 aromatic heterocycles. The van der Waals surface area contributed by atoms with Crippen LogP contribution < -0.4 is 16.0 Å². The van der Waals surface area contributed by atoms with Crippen molar-refractivity contribution < 1.29 is 4.79 Å². The monoisotopic (exact) mass is 438 g/mol. The molecule has 8 heteroatoms. The molecule has 0 radical (unpaired) electrons. The first-order valence-corrected chi connectivity index (χ1v) is 9.76. The zero-order valence-electron chi connectivity index (χ0n) is 15.3. The Kier molecular flexibility index (Phi) is 8.07. The number of nitrogens with zero attached hydrogens (tertiary/aromatic N) is 2. The molecule has 1 atom stereocenters. The quantitative estimate of drug-likeness (QED) is 0.624. The fourth-order valence-electron chi connectivity index (χ4n) is 3.23. The molecule has 0 saturated carbocycles. The van der Waals surface area contributed by atoms with Crippen LogP contribution in [0.1, 0.15) is 18.4 Å². The van der Waals surface area contributed by atoms with Gasteiger partial charge in [-0.25, -0.2) is 4.98 Å². The Morgan fingerprint density at radius 3 is 2.57 bits per heavy atom. The highest BCUT2D eigenvalue weighted by Crippen LogP contribution is 2.32. The third-order valence-corrected chi connectivity index (χ3v) is 5.74. The van der Waals surface area contributed by atoms with E-state index in [2.05, 4.69) is 10.2 Å². The predicted octanol–water partition coefficient (Wildman–Crippen LogP) is 4.25. The number of thiazole rings is 1. The van der Waals surface area contributed by atoms with E-state index in [1.165, 1.54) is 12.8 Å². The van der Waals surface area contributed by atoms with Crippen molar-refractivity contribution in [3.63, 3.8) is 0 Å². The molecule has 2 heterocycles. The Bertz CT molecular complexity index is 913. The van der Waals surface area contributed by atoms with Gasteiger partial charge < -0.3 is 16.0 Å². The largest absolute Gasteiger partial charge is 0.348 e. The first-order valence-electron chi connectivity index (χ1n) is 8.95. The van der Waals surface area contributed by atoms with Crippen molar-refractivity contribution in [1.29, 1.82) is 0 Å². The molecule has 5 nitrogen and oxygen atoms in total. The minimum Gasteiger partial charge on any atom is -0.348 e. The maximum absolute atomic E-state index is 12.4. The second-order valence-electron chi connectivity index (χ2n) is 6.66. The maximum Gasteiger partial charge on any atom is 0.241 e. The average Bonchev–Trinajstić information content (AvgIpc) is 3.31. The second kappa shape index (κ2) is 10.1. The summed E-state index contributed by atoms with van der Waals surface area (Å²) in [4.78, 5) is 19.5. The Balaban J connectivity index is 0.00000140. The molecule has 1 fully saturated rings. The Hall–Kier alpha value is -1.86. The summed E-state index contributed by atoms with van der Waals surface area (Å²) < 4.78 is 1.08. The number of rotatable bonds is 5. The van der Waals surface area contributed by atoms with Crippen molar-refractivity contribution >= 4 is 63.1 Å². The summed E-state index contributed by atoms with van der Waals surface area (Å²) in [7, 11) is 0. The molecule has 150 valence electrons. The number of anilines is 2. The van der Waals surface area contributed by atoms with Gasteiger partial charge in [0.25, 0.3) is 0 Å². The molecule has 1 saturated heterocycles. The standard InChI is InChI=1S/C20H22N4OS.2ClH/c21-16(12-14-6-2-1-3-7-14)19(25)22-15-8-9-17-18(13-15)26-20(23-17)24-10-4-5-11-24;;/h1-3,6-9,13,16H,4-5,10-12,21H2,(H,22,25);2*1H. The van der Waals surface area contributed by atoms with Crippen LogP contribution in [-0.4, -0.2) is 30.0 Å². The average molecular weight is 439 g/mol. The van der Waals surface area contributed by atoms with Gasteiger partial charge in [0, 0.05) is 18.8 Å². The van der Waals surface area contributed by atoms with E-state index < -0.39 is 6.04 Å². The lowest BCUT2D eigenvalue weighted by Crippen LogP contribution is -2.37. The predicted molar refractivity (Wildman–Crippen MR) is 122 cm³/mol. The summed E-state index contributed by atoms with van der Waals surface area (Å²) in [5.41, 5.74) is 8.87. The molecule has 2 aromatic carbocycles. The van der Waals surface area contributed by atoms with Crippen molar-refractivity contribution in [2.45, 2.75) is 25.3 Å². The normalized spacial score (nSPS) is 14.2. The van der Waals surface area contributed by atoms with Crippen LogP contribution in [0.4, 0.5) is 10.8 Å². The van der Waals surface area contributed by atoms with E-state index in [9.17, 15) is 4.79 Å². The van der Waals surface area contributed by atoms with E-state index >= 15 is 0 Å². The SMILES string of the molecule is Cl.Cl.NC(Cc1ccccc1)C(=O)Nc1ccc2nc(N3CCCC3)sc2c1. The van der Waals surface area contributed by atoms with Gasteiger partial charge in [0.15, 0.2) is 5.13 Å². The molecular weight excluding hydrogens is 415 g/mol. The van der Waals surface area contributed by atoms with E-state index in [1.807, 2.05) is 48.5 Å². The van der Waals surface area contributed by atoms with Crippen LogP contribution in [0.3, 0.4) is 0 Å². The molecule has 4 rings (SSSR count). The van der Waals surface area contributed by atoms with Gasteiger partial charge in [0.2, 0.25) is 5.91 Å². The smallest absolute Gasteiger partial charge is 0.241 e. The van der Waals surface area contributed by atoms with Crippen LogP contribution in [0.25, 0.3) is 10.2 Å². The van der Waals surface area contributed by atoms with Gasteiger partial charge in [-0.3, -0.25) is 4.79 Å². The number of halogens is 2. The number of amides is 1. The Labute approximate surface area is 181 Å². The van der Waals surface area contributed by atoms with Gasteiger partial charge in [0.1, 0.15) is 0 Å². The van der Waals surface area contributed by atoms with Crippen molar-refractivity contribution in [3.8, 4) is 0 Å². The second-order valence-corrected chi connectivity index (χ2v) is 7.67.